The Morgan fingerprint density at radius 2 is 1.18 bits per heavy atom. The lowest BCUT2D eigenvalue weighted by molar-refractivity contribution is 0.594. The molecule has 0 spiro atoms. The van der Waals surface area contributed by atoms with E-state index in [0.29, 0.717) is 5.56 Å². The average Bonchev–Trinajstić information content (AvgIpc) is 2.64. The van der Waals surface area contributed by atoms with Gasteiger partial charge in [-0.15, -0.1) is 0 Å². The Hall–Kier alpha value is -2.64. The normalized spacial score (nSPS) is 11.9. The second-order valence-corrected chi connectivity index (χ2v) is 10.3. The van der Waals surface area contributed by atoms with E-state index >= 15 is 0 Å². The molecule has 0 aromatic heterocycles. The van der Waals surface area contributed by atoms with Crippen molar-refractivity contribution in [2.75, 3.05) is 4.72 Å². The van der Waals surface area contributed by atoms with Gasteiger partial charge in [0.1, 0.15) is 0 Å². The van der Waals surface area contributed by atoms with E-state index in [2.05, 4.69) is 4.72 Å². The van der Waals surface area contributed by atoms with Gasteiger partial charge < -0.3 is 0 Å². The summed E-state index contributed by atoms with van der Waals surface area (Å²) in [6.45, 7) is 3.75. The molecule has 28 heavy (non-hydrogen) atoms. The number of benzene rings is 3. The molecule has 0 saturated heterocycles. The number of hydrogen-bond acceptors (Lipinski definition) is 4. The smallest absolute Gasteiger partial charge is 0.261 e. The molecule has 1 N–H and O–H groups in total. The Balaban J connectivity index is 1.91. The molecule has 0 unspecified atom stereocenters. The fraction of sp³-hybridized carbons (Fsp3) is 0.143. The SMILES string of the molecule is Cc1ccc(S(=O)(=O)Cc2ccccc2NS(=O)(=O)c2ccc(C)cc2)cc1. The number of rotatable bonds is 6. The van der Waals surface area contributed by atoms with E-state index in [1.165, 1.54) is 12.1 Å². The summed E-state index contributed by atoms with van der Waals surface area (Å²) in [5.41, 5.74) is 2.55. The van der Waals surface area contributed by atoms with Crippen molar-refractivity contribution >= 4 is 25.5 Å². The van der Waals surface area contributed by atoms with Gasteiger partial charge in [0, 0.05) is 0 Å². The molecule has 0 fully saturated rings. The summed E-state index contributed by atoms with van der Waals surface area (Å²) < 4.78 is 53.4. The van der Waals surface area contributed by atoms with Crippen LogP contribution in [0.2, 0.25) is 0 Å². The van der Waals surface area contributed by atoms with E-state index in [4.69, 9.17) is 0 Å². The third kappa shape index (κ3) is 4.61. The van der Waals surface area contributed by atoms with Crippen molar-refractivity contribution < 1.29 is 16.8 Å². The van der Waals surface area contributed by atoms with Crippen molar-refractivity contribution in [3.05, 3.63) is 89.5 Å². The molecular formula is C21H21NO4S2. The van der Waals surface area contributed by atoms with Crippen LogP contribution in [0.1, 0.15) is 16.7 Å². The summed E-state index contributed by atoms with van der Waals surface area (Å²) >= 11 is 0. The van der Waals surface area contributed by atoms with Crippen LogP contribution in [0.3, 0.4) is 0 Å². The summed E-state index contributed by atoms with van der Waals surface area (Å²) in [4.78, 5) is 0.323. The molecule has 0 saturated carbocycles. The first-order chi connectivity index (χ1) is 13.2. The predicted octanol–water partition coefficient (Wildman–Crippen LogP) is 4.08. The standard InChI is InChI=1S/C21H21NO4S2/c1-16-7-11-19(12-8-16)27(23,24)15-18-5-3-4-6-21(18)22-28(25,26)20-13-9-17(2)10-14-20/h3-14,22H,15H2,1-2H3. The molecular weight excluding hydrogens is 394 g/mol. The molecule has 5 nitrogen and oxygen atoms in total. The minimum Gasteiger partial charge on any atom is -0.279 e. The van der Waals surface area contributed by atoms with Gasteiger partial charge in [0.25, 0.3) is 10.0 Å². The Kier molecular flexibility index (Phi) is 5.58. The van der Waals surface area contributed by atoms with E-state index in [-0.39, 0.29) is 21.2 Å². The third-order valence-electron chi connectivity index (χ3n) is 4.32. The zero-order chi connectivity index (χ0) is 20.4. The summed E-state index contributed by atoms with van der Waals surface area (Å²) in [5, 5.41) is 0. The molecule has 0 aliphatic carbocycles. The maximum absolute atomic E-state index is 12.8. The van der Waals surface area contributed by atoms with Gasteiger partial charge in [-0.3, -0.25) is 4.72 Å². The predicted molar refractivity (Wildman–Crippen MR) is 110 cm³/mol. The summed E-state index contributed by atoms with van der Waals surface area (Å²) in [5.74, 6) is -0.303. The molecule has 0 amide bonds. The van der Waals surface area contributed by atoms with Gasteiger partial charge in [0.2, 0.25) is 0 Å². The monoisotopic (exact) mass is 415 g/mol. The van der Waals surface area contributed by atoms with E-state index in [9.17, 15) is 16.8 Å². The molecule has 0 heterocycles. The molecule has 0 bridgehead atoms. The van der Waals surface area contributed by atoms with Crippen molar-refractivity contribution in [3.8, 4) is 0 Å². The molecule has 0 atom stereocenters. The summed E-state index contributed by atoms with van der Waals surface area (Å²) in [6, 6.07) is 19.6. The molecule has 0 radical (unpaired) electrons. The third-order valence-corrected chi connectivity index (χ3v) is 7.38. The molecule has 3 rings (SSSR count). The number of nitrogens with one attached hydrogen (secondary N) is 1. The zero-order valence-electron chi connectivity index (χ0n) is 15.6. The largest absolute Gasteiger partial charge is 0.279 e. The van der Waals surface area contributed by atoms with E-state index in [1.807, 2.05) is 13.8 Å². The van der Waals surface area contributed by atoms with Gasteiger partial charge in [0.15, 0.2) is 9.84 Å². The number of sulfone groups is 1. The lowest BCUT2D eigenvalue weighted by Crippen LogP contribution is -2.15. The summed E-state index contributed by atoms with van der Waals surface area (Å²) in [6.07, 6.45) is 0. The first kappa shape index (κ1) is 20.1. The highest BCUT2D eigenvalue weighted by molar-refractivity contribution is 7.92. The van der Waals surface area contributed by atoms with Crippen LogP contribution in [-0.4, -0.2) is 16.8 Å². The Morgan fingerprint density at radius 1 is 0.679 bits per heavy atom. The maximum atomic E-state index is 12.8. The van der Waals surface area contributed by atoms with Crippen LogP contribution in [0.4, 0.5) is 5.69 Å². The molecule has 0 aliphatic heterocycles. The van der Waals surface area contributed by atoms with Crippen LogP contribution in [0.5, 0.6) is 0 Å². The van der Waals surface area contributed by atoms with E-state index in [1.54, 1.807) is 60.7 Å². The number of aryl methyl sites for hydroxylation is 2. The summed E-state index contributed by atoms with van der Waals surface area (Å²) in [7, 11) is -7.44. The maximum Gasteiger partial charge on any atom is 0.261 e. The minimum absolute atomic E-state index is 0.120. The Bertz CT molecular complexity index is 1090. The fourth-order valence-electron chi connectivity index (χ4n) is 2.70. The molecule has 3 aromatic carbocycles. The van der Waals surface area contributed by atoms with Crippen LogP contribution in [0, 0.1) is 13.8 Å². The number of hydrogen-bond donors (Lipinski definition) is 1. The van der Waals surface area contributed by atoms with Crippen LogP contribution in [-0.2, 0) is 25.6 Å². The topological polar surface area (TPSA) is 80.3 Å². The minimum atomic E-state index is -3.82. The molecule has 146 valence electrons. The average molecular weight is 416 g/mol. The quantitative estimate of drug-likeness (QED) is 0.658. The second kappa shape index (κ2) is 7.77. The highest BCUT2D eigenvalue weighted by Crippen LogP contribution is 2.25. The van der Waals surface area contributed by atoms with Crippen molar-refractivity contribution in [1.82, 2.24) is 0 Å². The van der Waals surface area contributed by atoms with Gasteiger partial charge >= 0.3 is 0 Å². The number of sulfonamides is 1. The van der Waals surface area contributed by atoms with E-state index in [0.717, 1.165) is 11.1 Å². The number of para-hydroxylation sites is 1. The second-order valence-electron chi connectivity index (χ2n) is 6.65. The fourth-order valence-corrected chi connectivity index (χ4v) is 5.18. The van der Waals surface area contributed by atoms with Gasteiger partial charge in [-0.2, -0.15) is 0 Å². The van der Waals surface area contributed by atoms with Gasteiger partial charge in [-0.25, -0.2) is 16.8 Å². The molecule has 0 aliphatic rings. The lowest BCUT2D eigenvalue weighted by Gasteiger charge is -2.13. The zero-order valence-corrected chi connectivity index (χ0v) is 17.2. The van der Waals surface area contributed by atoms with Crippen LogP contribution in [0.25, 0.3) is 0 Å². The van der Waals surface area contributed by atoms with Crippen LogP contribution >= 0.6 is 0 Å². The Morgan fingerprint density at radius 3 is 1.75 bits per heavy atom. The van der Waals surface area contributed by atoms with Crippen molar-refractivity contribution in [3.63, 3.8) is 0 Å². The first-order valence-electron chi connectivity index (χ1n) is 8.64. The van der Waals surface area contributed by atoms with Crippen molar-refractivity contribution in [2.45, 2.75) is 29.4 Å². The van der Waals surface area contributed by atoms with Gasteiger partial charge in [0.05, 0.1) is 21.2 Å². The van der Waals surface area contributed by atoms with Gasteiger partial charge in [-0.1, -0.05) is 53.6 Å². The lowest BCUT2D eigenvalue weighted by atomic mass is 10.2. The molecule has 3 aromatic rings. The van der Waals surface area contributed by atoms with Crippen molar-refractivity contribution in [1.29, 1.82) is 0 Å². The Labute approximate surface area is 166 Å². The van der Waals surface area contributed by atoms with E-state index < -0.39 is 19.9 Å². The van der Waals surface area contributed by atoms with Gasteiger partial charge in [-0.05, 0) is 49.7 Å². The highest BCUT2D eigenvalue weighted by Gasteiger charge is 2.20. The van der Waals surface area contributed by atoms with Crippen LogP contribution < -0.4 is 4.72 Å². The molecule has 7 heteroatoms. The first-order valence-corrected chi connectivity index (χ1v) is 11.8. The number of anilines is 1. The highest BCUT2D eigenvalue weighted by atomic mass is 32.2. The van der Waals surface area contributed by atoms with Crippen LogP contribution in [0.15, 0.2) is 82.6 Å². The van der Waals surface area contributed by atoms with Crippen molar-refractivity contribution in [2.24, 2.45) is 0 Å².